The lowest BCUT2D eigenvalue weighted by Crippen LogP contribution is -1.92. The highest BCUT2D eigenvalue weighted by atomic mass is 15.2. The lowest BCUT2D eigenvalue weighted by Gasteiger charge is -2.05. The van der Waals surface area contributed by atoms with Crippen LogP contribution in [0.4, 0.5) is 0 Å². The first-order valence-electron chi connectivity index (χ1n) is 5.93. The number of hydrogen-bond donors (Lipinski definition) is 0. The van der Waals surface area contributed by atoms with Crippen LogP contribution >= 0.6 is 0 Å². The van der Waals surface area contributed by atoms with E-state index in [2.05, 4.69) is 16.2 Å². The summed E-state index contributed by atoms with van der Waals surface area (Å²) in [4.78, 5) is 4.45. The van der Waals surface area contributed by atoms with Crippen molar-refractivity contribution in [3.63, 3.8) is 0 Å². The van der Waals surface area contributed by atoms with E-state index in [9.17, 15) is 0 Å². The van der Waals surface area contributed by atoms with Crippen molar-refractivity contribution in [1.29, 1.82) is 5.26 Å². The monoisotopic (exact) mass is 244 g/mol. The van der Waals surface area contributed by atoms with E-state index in [1.165, 1.54) is 0 Å². The second-order valence-electron chi connectivity index (χ2n) is 4.38. The summed E-state index contributed by atoms with van der Waals surface area (Å²) >= 11 is 0. The first kappa shape index (κ1) is 10.0. The molecule has 3 aromatic heterocycles. The highest BCUT2D eigenvalue weighted by molar-refractivity contribution is 6.04. The van der Waals surface area contributed by atoms with Crippen LogP contribution in [-0.2, 0) is 0 Å². The van der Waals surface area contributed by atoms with Gasteiger partial charge in [0.1, 0.15) is 6.07 Å². The molecular weight excluding hydrogens is 236 g/mol. The molecule has 4 rings (SSSR count). The van der Waals surface area contributed by atoms with E-state index in [-0.39, 0.29) is 0 Å². The van der Waals surface area contributed by atoms with Gasteiger partial charge in [-0.1, -0.05) is 24.3 Å². The Hall–Kier alpha value is -2.93. The van der Waals surface area contributed by atoms with Gasteiger partial charge in [-0.15, -0.1) is 0 Å². The molecule has 0 saturated heterocycles. The van der Waals surface area contributed by atoms with E-state index in [0.717, 1.165) is 27.3 Å². The predicted octanol–water partition coefficient (Wildman–Crippen LogP) is 2.91. The van der Waals surface area contributed by atoms with Crippen LogP contribution in [0.2, 0.25) is 0 Å². The topological polar surface area (TPSA) is 54.0 Å². The number of nitrogens with zero attached hydrogens (tertiary/aromatic N) is 4. The van der Waals surface area contributed by atoms with Crippen molar-refractivity contribution in [1.82, 2.24) is 14.6 Å². The van der Waals surface area contributed by atoms with Crippen LogP contribution in [0.3, 0.4) is 0 Å². The van der Waals surface area contributed by atoms with Crippen molar-refractivity contribution in [3.05, 3.63) is 54.4 Å². The van der Waals surface area contributed by atoms with Gasteiger partial charge in [0.05, 0.1) is 28.3 Å². The molecule has 3 heterocycles. The fourth-order valence-electron chi connectivity index (χ4n) is 2.45. The summed E-state index contributed by atoms with van der Waals surface area (Å²) in [5, 5.41) is 15.5. The van der Waals surface area contributed by atoms with Crippen molar-refractivity contribution in [3.8, 4) is 6.07 Å². The SMILES string of the molecule is N#Cc1cnn2c1ccc1ccc3cccnc3c12. The van der Waals surface area contributed by atoms with E-state index < -0.39 is 0 Å². The average molecular weight is 244 g/mol. The molecule has 0 saturated carbocycles. The van der Waals surface area contributed by atoms with Crippen molar-refractivity contribution < 1.29 is 0 Å². The zero-order valence-corrected chi connectivity index (χ0v) is 9.91. The molecule has 0 aliphatic rings. The molecule has 0 aliphatic heterocycles. The van der Waals surface area contributed by atoms with Crippen molar-refractivity contribution in [2.75, 3.05) is 0 Å². The number of nitriles is 1. The molecule has 0 unspecified atom stereocenters. The predicted molar refractivity (Wildman–Crippen MR) is 72.7 cm³/mol. The Labute approximate surface area is 108 Å². The molecular formula is C15H8N4. The van der Waals surface area contributed by atoms with Gasteiger partial charge in [-0.3, -0.25) is 4.98 Å². The molecule has 0 fully saturated rings. The van der Waals surface area contributed by atoms with Crippen molar-refractivity contribution in [2.24, 2.45) is 0 Å². The summed E-state index contributed by atoms with van der Waals surface area (Å²) in [6, 6.07) is 14.1. The summed E-state index contributed by atoms with van der Waals surface area (Å²) in [5.74, 6) is 0. The Morgan fingerprint density at radius 2 is 1.89 bits per heavy atom. The Kier molecular flexibility index (Phi) is 1.86. The van der Waals surface area contributed by atoms with Crippen LogP contribution in [0, 0.1) is 11.3 Å². The molecule has 4 heteroatoms. The van der Waals surface area contributed by atoms with Gasteiger partial charge in [-0.2, -0.15) is 10.4 Å². The molecule has 0 bridgehead atoms. The molecule has 88 valence electrons. The Balaban J connectivity index is 2.34. The van der Waals surface area contributed by atoms with E-state index in [0.29, 0.717) is 5.56 Å². The molecule has 0 amide bonds. The minimum absolute atomic E-state index is 0.579. The van der Waals surface area contributed by atoms with E-state index in [1.54, 1.807) is 16.9 Å². The van der Waals surface area contributed by atoms with Gasteiger partial charge in [0, 0.05) is 17.0 Å². The van der Waals surface area contributed by atoms with Gasteiger partial charge in [-0.25, -0.2) is 4.52 Å². The Morgan fingerprint density at radius 1 is 1.05 bits per heavy atom. The third-order valence-corrected chi connectivity index (χ3v) is 3.34. The second-order valence-corrected chi connectivity index (χ2v) is 4.38. The molecule has 1 aromatic carbocycles. The first-order chi connectivity index (χ1) is 9.38. The molecule has 0 spiro atoms. The molecule has 4 aromatic rings. The minimum Gasteiger partial charge on any atom is -0.254 e. The third kappa shape index (κ3) is 1.27. The summed E-state index contributed by atoms with van der Waals surface area (Å²) in [6.45, 7) is 0. The van der Waals surface area contributed by atoms with Gasteiger partial charge in [0.15, 0.2) is 0 Å². The van der Waals surface area contributed by atoms with Gasteiger partial charge in [0.25, 0.3) is 0 Å². The molecule has 19 heavy (non-hydrogen) atoms. The fraction of sp³-hybridized carbons (Fsp3) is 0. The zero-order chi connectivity index (χ0) is 12.8. The molecule has 0 radical (unpaired) electrons. The normalized spacial score (nSPS) is 11.1. The number of rotatable bonds is 0. The molecule has 0 aliphatic carbocycles. The highest BCUT2D eigenvalue weighted by Crippen LogP contribution is 2.25. The number of benzene rings is 1. The van der Waals surface area contributed by atoms with E-state index in [1.807, 2.05) is 36.4 Å². The maximum Gasteiger partial charge on any atom is 0.103 e. The lowest BCUT2D eigenvalue weighted by atomic mass is 10.1. The van der Waals surface area contributed by atoms with Crippen LogP contribution in [0.5, 0.6) is 0 Å². The van der Waals surface area contributed by atoms with Gasteiger partial charge in [-0.05, 0) is 12.1 Å². The minimum atomic E-state index is 0.579. The standard InChI is InChI=1S/C15H8N4/c16-8-12-9-18-19-13(12)6-5-11-4-3-10-2-1-7-17-14(10)15(11)19/h1-7,9H. The van der Waals surface area contributed by atoms with Crippen molar-refractivity contribution >= 4 is 27.3 Å². The van der Waals surface area contributed by atoms with Gasteiger partial charge in [0.2, 0.25) is 0 Å². The van der Waals surface area contributed by atoms with E-state index in [4.69, 9.17) is 5.26 Å². The smallest absolute Gasteiger partial charge is 0.103 e. The van der Waals surface area contributed by atoms with E-state index >= 15 is 0 Å². The quantitative estimate of drug-likeness (QED) is 0.447. The number of pyridine rings is 2. The summed E-state index contributed by atoms with van der Waals surface area (Å²) in [5.41, 5.74) is 3.23. The van der Waals surface area contributed by atoms with Crippen LogP contribution < -0.4 is 0 Å². The molecule has 0 N–H and O–H groups in total. The maximum atomic E-state index is 9.09. The molecule has 0 atom stereocenters. The second kappa shape index (κ2) is 3.53. The highest BCUT2D eigenvalue weighted by Gasteiger charge is 2.09. The van der Waals surface area contributed by atoms with Gasteiger partial charge >= 0.3 is 0 Å². The summed E-state index contributed by atoms with van der Waals surface area (Å²) < 4.78 is 1.79. The number of fused-ring (bicyclic) bond motifs is 5. The Morgan fingerprint density at radius 3 is 2.79 bits per heavy atom. The molecule has 4 nitrogen and oxygen atoms in total. The summed E-state index contributed by atoms with van der Waals surface area (Å²) in [7, 11) is 0. The van der Waals surface area contributed by atoms with Crippen LogP contribution in [0.15, 0.2) is 48.8 Å². The van der Waals surface area contributed by atoms with Gasteiger partial charge < -0.3 is 0 Å². The van der Waals surface area contributed by atoms with Crippen LogP contribution in [0.1, 0.15) is 5.56 Å². The largest absolute Gasteiger partial charge is 0.254 e. The van der Waals surface area contributed by atoms with Crippen molar-refractivity contribution in [2.45, 2.75) is 0 Å². The maximum absolute atomic E-state index is 9.09. The Bertz CT molecular complexity index is 976. The first-order valence-corrected chi connectivity index (χ1v) is 5.93. The number of hydrogen-bond acceptors (Lipinski definition) is 3. The summed E-state index contributed by atoms with van der Waals surface area (Å²) in [6.07, 6.45) is 3.37. The third-order valence-electron chi connectivity index (χ3n) is 3.34. The van der Waals surface area contributed by atoms with Crippen LogP contribution in [-0.4, -0.2) is 14.6 Å². The van der Waals surface area contributed by atoms with Crippen LogP contribution in [0.25, 0.3) is 27.3 Å². The fourth-order valence-corrected chi connectivity index (χ4v) is 2.45. The zero-order valence-electron chi connectivity index (χ0n) is 9.91. The number of aromatic nitrogens is 3. The lowest BCUT2D eigenvalue weighted by molar-refractivity contribution is 1.01. The average Bonchev–Trinajstić information content (AvgIpc) is 2.89.